The molecule has 1 heterocycles. The summed E-state index contributed by atoms with van der Waals surface area (Å²) in [5.41, 5.74) is -0.384. The maximum atomic E-state index is 12.0. The third-order valence-corrected chi connectivity index (χ3v) is 3.87. The van der Waals surface area contributed by atoms with Crippen LogP contribution in [0.2, 0.25) is 0 Å². The lowest BCUT2D eigenvalue weighted by Gasteiger charge is -2.13. The molecular formula is C13H11N3O6S. The third-order valence-electron chi connectivity index (χ3n) is 2.71. The Balaban J connectivity index is 2.29. The number of nitrogens with zero attached hydrogens (tertiary/aromatic N) is 3. The van der Waals surface area contributed by atoms with Crippen molar-refractivity contribution in [3.8, 4) is 5.75 Å². The minimum atomic E-state index is -4.25. The van der Waals surface area contributed by atoms with Crippen LogP contribution < -0.4 is 0 Å². The number of benzene rings is 1. The first-order valence-electron chi connectivity index (χ1n) is 6.08. The monoisotopic (exact) mass is 337 g/mol. The summed E-state index contributed by atoms with van der Waals surface area (Å²) in [6.45, 7) is 0. The lowest BCUT2D eigenvalue weighted by atomic mass is 10.2. The molecule has 3 N–H and O–H groups in total. The normalized spacial score (nSPS) is 16.4. The first-order chi connectivity index (χ1) is 10.8. The van der Waals surface area contributed by atoms with Crippen LogP contribution >= 0.6 is 0 Å². The summed E-state index contributed by atoms with van der Waals surface area (Å²) in [4.78, 5) is 10.5. The van der Waals surface area contributed by atoms with Gasteiger partial charge in [-0.25, -0.2) is 9.86 Å². The van der Waals surface area contributed by atoms with Gasteiger partial charge in [-0.05, 0) is 30.4 Å². The van der Waals surface area contributed by atoms with Crippen LogP contribution in [0.1, 0.15) is 10.4 Å². The summed E-state index contributed by atoms with van der Waals surface area (Å²) in [5.74, 6) is -2.04. The zero-order chi connectivity index (χ0) is 17.0. The summed E-state index contributed by atoms with van der Waals surface area (Å²) in [7, 11) is -4.25. The summed E-state index contributed by atoms with van der Waals surface area (Å²) in [5, 5.41) is 31.7. The lowest BCUT2D eigenvalue weighted by Crippen LogP contribution is -2.10. The van der Waals surface area contributed by atoms with E-state index in [2.05, 4.69) is 9.63 Å². The van der Waals surface area contributed by atoms with Gasteiger partial charge in [-0.2, -0.15) is 8.42 Å². The summed E-state index contributed by atoms with van der Waals surface area (Å²) in [6.07, 6.45) is 6.94. The van der Waals surface area contributed by atoms with Crippen molar-refractivity contribution >= 4 is 16.0 Å². The largest absolute Gasteiger partial charge is 0.507 e. The lowest BCUT2D eigenvalue weighted by molar-refractivity contribution is -0.000515. The van der Waals surface area contributed by atoms with Crippen LogP contribution in [0.3, 0.4) is 0 Å². The summed E-state index contributed by atoms with van der Waals surface area (Å²) in [6, 6.07) is 2.72. The molecule has 0 spiro atoms. The number of hydrogen-bond donors (Lipinski definition) is 3. The Morgan fingerprint density at radius 2 is 2.00 bits per heavy atom. The molecule has 120 valence electrons. The maximum Gasteiger partial charge on any atom is 0.339 e. The average Bonchev–Trinajstić information content (AvgIpc) is 2.49. The number of carboxylic acids is 1. The van der Waals surface area contributed by atoms with E-state index in [9.17, 15) is 23.5 Å². The number of allylic oxidation sites excluding steroid dienone is 3. The molecule has 0 unspecified atom stereocenters. The zero-order valence-electron chi connectivity index (χ0n) is 11.4. The molecule has 1 aliphatic rings. The fourth-order valence-electron chi connectivity index (χ4n) is 1.59. The number of aromatic carboxylic acids is 1. The number of rotatable bonds is 4. The Morgan fingerprint density at radius 1 is 1.26 bits per heavy atom. The highest BCUT2D eigenvalue weighted by atomic mass is 32.2. The van der Waals surface area contributed by atoms with Gasteiger partial charge in [0.2, 0.25) is 0 Å². The maximum absolute atomic E-state index is 12.0. The SMILES string of the molecule is O=C(O)c1cc(S(=O)(=O)N=N/C=C2\C=CC=CN2O)ccc1O. The van der Waals surface area contributed by atoms with Crippen molar-refractivity contribution in [3.05, 3.63) is 60.1 Å². The topological polar surface area (TPSA) is 140 Å². The first-order valence-corrected chi connectivity index (χ1v) is 7.52. The number of sulfonamides is 1. The highest BCUT2D eigenvalue weighted by Gasteiger charge is 2.18. The van der Waals surface area contributed by atoms with Gasteiger partial charge in [-0.15, -0.1) is 5.11 Å². The number of carbonyl (C=O) groups is 1. The van der Waals surface area contributed by atoms with E-state index in [1.807, 2.05) is 0 Å². The van der Waals surface area contributed by atoms with Crippen molar-refractivity contribution in [2.24, 2.45) is 9.63 Å². The minimum Gasteiger partial charge on any atom is -0.507 e. The minimum absolute atomic E-state index is 0.184. The Labute approximate surface area is 130 Å². The van der Waals surface area contributed by atoms with E-state index in [1.54, 1.807) is 12.2 Å². The third kappa shape index (κ3) is 3.81. The first kappa shape index (κ1) is 16.4. The second-order valence-electron chi connectivity index (χ2n) is 4.26. The van der Waals surface area contributed by atoms with Gasteiger partial charge in [0.25, 0.3) is 10.0 Å². The van der Waals surface area contributed by atoms with E-state index in [4.69, 9.17) is 5.11 Å². The molecule has 1 aliphatic heterocycles. The molecule has 0 amide bonds. The van der Waals surface area contributed by atoms with Crippen molar-refractivity contribution in [1.82, 2.24) is 5.06 Å². The van der Waals surface area contributed by atoms with Gasteiger partial charge in [-0.3, -0.25) is 5.21 Å². The number of phenols is 1. The molecule has 0 fully saturated rings. The van der Waals surface area contributed by atoms with Crippen molar-refractivity contribution in [3.63, 3.8) is 0 Å². The molecule has 0 saturated heterocycles. The highest BCUT2D eigenvalue weighted by Crippen LogP contribution is 2.23. The smallest absolute Gasteiger partial charge is 0.339 e. The van der Waals surface area contributed by atoms with E-state index in [1.165, 1.54) is 12.3 Å². The molecule has 0 aliphatic carbocycles. The van der Waals surface area contributed by atoms with Gasteiger partial charge in [0.05, 0.1) is 16.8 Å². The Kier molecular flexibility index (Phi) is 4.57. The van der Waals surface area contributed by atoms with Crippen LogP contribution in [0.4, 0.5) is 0 Å². The Bertz CT molecular complexity index is 854. The van der Waals surface area contributed by atoms with E-state index in [-0.39, 0.29) is 5.70 Å². The Morgan fingerprint density at radius 3 is 2.65 bits per heavy atom. The van der Waals surface area contributed by atoms with Crippen molar-refractivity contribution < 1.29 is 28.6 Å². The quantitative estimate of drug-likeness (QED) is 0.712. The molecule has 0 atom stereocenters. The molecule has 1 aromatic carbocycles. The van der Waals surface area contributed by atoms with Crippen LogP contribution in [0, 0.1) is 0 Å². The van der Waals surface area contributed by atoms with Crippen molar-refractivity contribution in [2.45, 2.75) is 4.90 Å². The van der Waals surface area contributed by atoms with Gasteiger partial charge in [0, 0.05) is 6.20 Å². The summed E-state index contributed by atoms with van der Waals surface area (Å²) < 4.78 is 27.1. The van der Waals surface area contributed by atoms with E-state index in [0.717, 1.165) is 24.4 Å². The predicted molar refractivity (Wildman–Crippen MR) is 77.1 cm³/mol. The van der Waals surface area contributed by atoms with Crippen LogP contribution in [-0.4, -0.2) is 34.9 Å². The summed E-state index contributed by atoms with van der Waals surface area (Å²) >= 11 is 0. The van der Waals surface area contributed by atoms with Gasteiger partial charge in [-0.1, -0.05) is 10.6 Å². The molecule has 9 nitrogen and oxygen atoms in total. The molecule has 2 rings (SSSR count). The predicted octanol–water partition coefficient (Wildman–Crippen LogP) is 1.85. The number of aromatic hydroxyl groups is 1. The average molecular weight is 337 g/mol. The molecule has 23 heavy (non-hydrogen) atoms. The number of hydrogen-bond acceptors (Lipinski definition) is 7. The van der Waals surface area contributed by atoms with Gasteiger partial charge < -0.3 is 10.2 Å². The van der Waals surface area contributed by atoms with E-state index >= 15 is 0 Å². The van der Waals surface area contributed by atoms with Crippen molar-refractivity contribution in [2.75, 3.05) is 0 Å². The van der Waals surface area contributed by atoms with Crippen LogP contribution in [0.15, 0.2) is 69.1 Å². The van der Waals surface area contributed by atoms with Gasteiger partial charge in [0.1, 0.15) is 11.3 Å². The second kappa shape index (κ2) is 6.42. The van der Waals surface area contributed by atoms with E-state index in [0.29, 0.717) is 5.06 Å². The standard InChI is InChI=1S/C13H11N3O6S/c17-12-5-4-10(7-11(12)13(18)19)23(21,22)15-14-8-9-3-1-2-6-16(9)20/h1-8,17,20H,(H,18,19)/b9-8+,15-14?. The van der Waals surface area contributed by atoms with Crippen molar-refractivity contribution in [1.29, 1.82) is 0 Å². The Hall–Kier alpha value is -2.98. The fraction of sp³-hybridized carbons (Fsp3) is 0. The molecule has 0 bridgehead atoms. The molecular weight excluding hydrogens is 326 g/mol. The highest BCUT2D eigenvalue weighted by molar-refractivity contribution is 7.90. The van der Waals surface area contributed by atoms with E-state index < -0.39 is 32.2 Å². The molecule has 1 aromatic rings. The molecule has 0 saturated carbocycles. The molecule has 10 heteroatoms. The zero-order valence-corrected chi connectivity index (χ0v) is 12.3. The van der Waals surface area contributed by atoms with Crippen LogP contribution in [0.25, 0.3) is 0 Å². The number of carboxylic acid groups (broad SMARTS) is 1. The molecule has 0 aromatic heterocycles. The van der Waals surface area contributed by atoms with Crippen LogP contribution in [-0.2, 0) is 10.0 Å². The van der Waals surface area contributed by atoms with Crippen LogP contribution in [0.5, 0.6) is 5.75 Å². The molecule has 0 radical (unpaired) electrons. The second-order valence-corrected chi connectivity index (χ2v) is 5.84. The fourth-order valence-corrected chi connectivity index (χ4v) is 2.36. The number of hydroxylamine groups is 2. The van der Waals surface area contributed by atoms with Gasteiger partial charge in [0.15, 0.2) is 0 Å². The van der Waals surface area contributed by atoms with Gasteiger partial charge >= 0.3 is 5.97 Å².